The molecule has 2 aromatic carbocycles. The van der Waals surface area contributed by atoms with Crippen molar-refractivity contribution in [3.05, 3.63) is 70.3 Å². The molecule has 2 aromatic rings. The number of carbonyl (C=O) groups excluding carboxylic acids is 3. The Labute approximate surface area is 177 Å². The molecule has 0 radical (unpaired) electrons. The topological polar surface area (TPSA) is 75.7 Å². The van der Waals surface area contributed by atoms with E-state index in [1.807, 2.05) is 32.0 Å². The van der Waals surface area contributed by atoms with Crippen molar-refractivity contribution in [2.45, 2.75) is 39.2 Å². The highest BCUT2D eigenvalue weighted by Gasteiger charge is 2.27. The Kier molecular flexibility index (Phi) is 6.87. The summed E-state index contributed by atoms with van der Waals surface area (Å²) < 4.78 is 5.09. The summed E-state index contributed by atoms with van der Waals surface area (Å²) in [4.78, 5) is 38.4. The summed E-state index contributed by atoms with van der Waals surface area (Å²) in [5.41, 5.74) is 4.86. The van der Waals surface area contributed by atoms with Crippen molar-refractivity contribution >= 4 is 17.8 Å². The van der Waals surface area contributed by atoms with Crippen LogP contribution in [0.5, 0.6) is 0 Å². The van der Waals surface area contributed by atoms with Gasteiger partial charge in [0.25, 0.3) is 11.8 Å². The number of carbonyl (C=O) groups is 3. The number of likely N-dealkylation sites (N-methyl/N-ethyl adjacent to an activating group) is 1. The fraction of sp³-hybridized carbons (Fsp3) is 0.375. The van der Waals surface area contributed by atoms with Gasteiger partial charge in [-0.25, -0.2) is 0 Å². The summed E-state index contributed by atoms with van der Waals surface area (Å²) >= 11 is 0. The molecular formula is C24H28N2O4. The predicted molar refractivity (Wildman–Crippen MR) is 114 cm³/mol. The first-order valence-corrected chi connectivity index (χ1v) is 10.2. The summed E-state index contributed by atoms with van der Waals surface area (Å²) in [5.74, 6) is -1.25. The van der Waals surface area contributed by atoms with Crippen LogP contribution in [0.2, 0.25) is 0 Å². The third-order valence-corrected chi connectivity index (χ3v) is 5.43. The van der Waals surface area contributed by atoms with Crippen LogP contribution in [0.25, 0.3) is 0 Å². The van der Waals surface area contributed by atoms with Crippen LogP contribution in [-0.4, -0.2) is 42.9 Å². The van der Waals surface area contributed by atoms with E-state index in [1.165, 1.54) is 5.56 Å². The molecule has 0 fully saturated rings. The lowest BCUT2D eigenvalue weighted by atomic mass is 9.87. The molecule has 0 saturated heterocycles. The molecule has 1 aliphatic rings. The van der Waals surface area contributed by atoms with Crippen molar-refractivity contribution in [2.75, 3.05) is 20.2 Å². The van der Waals surface area contributed by atoms with Crippen LogP contribution < -0.4 is 5.32 Å². The predicted octanol–water partition coefficient (Wildman–Crippen LogP) is 3.11. The van der Waals surface area contributed by atoms with Gasteiger partial charge in [-0.3, -0.25) is 14.4 Å². The number of benzene rings is 2. The third-order valence-electron chi connectivity index (χ3n) is 5.43. The van der Waals surface area contributed by atoms with Crippen LogP contribution in [0.1, 0.15) is 51.5 Å². The smallest absolute Gasteiger partial charge is 0.325 e. The lowest BCUT2D eigenvalue weighted by molar-refractivity contribution is -0.151. The zero-order valence-electron chi connectivity index (χ0n) is 17.7. The van der Waals surface area contributed by atoms with Crippen molar-refractivity contribution in [3.63, 3.8) is 0 Å². The molecule has 2 amide bonds. The summed E-state index contributed by atoms with van der Waals surface area (Å²) in [5, 5.41) is 2.54. The second kappa shape index (κ2) is 9.57. The van der Waals surface area contributed by atoms with E-state index in [0.717, 1.165) is 36.0 Å². The normalized spacial score (nSPS) is 15.1. The quantitative estimate of drug-likeness (QED) is 0.745. The lowest BCUT2D eigenvalue weighted by Gasteiger charge is -2.33. The minimum absolute atomic E-state index is 0.00888. The van der Waals surface area contributed by atoms with Gasteiger partial charge in [-0.05, 0) is 56.4 Å². The fourth-order valence-corrected chi connectivity index (χ4v) is 3.96. The van der Waals surface area contributed by atoms with Crippen molar-refractivity contribution in [2.24, 2.45) is 0 Å². The summed E-state index contributed by atoms with van der Waals surface area (Å²) in [6, 6.07) is 13.6. The number of ether oxygens (including phenoxy) is 1. The highest BCUT2D eigenvalue weighted by atomic mass is 16.5. The highest BCUT2D eigenvalue weighted by Crippen LogP contribution is 2.33. The van der Waals surface area contributed by atoms with E-state index in [9.17, 15) is 14.4 Å². The van der Waals surface area contributed by atoms with Crippen molar-refractivity contribution < 1.29 is 19.1 Å². The maximum Gasteiger partial charge on any atom is 0.325 e. The number of nitrogens with one attached hydrogen (secondary N) is 1. The van der Waals surface area contributed by atoms with Gasteiger partial charge in [0.05, 0.1) is 6.04 Å². The Hall–Kier alpha value is -3.15. The minimum atomic E-state index is -0.640. The molecule has 1 atom stereocenters. The van der Waals surface area contributed by atoms with Crippen LogP contribution in [0, 0.1) is 13.8 Å². The molecule has 0 heterocycles. The number of amides is 2. The van der Waals surface area contributed by atoms with E-state index in [4.69, 9.17) is 4.74 Å². The van der Waals surface area contributed by atoms with Crippen LogP contribution in [0.3, 0.4) is 0 Å². The lowest BCUT2D eigenvalue weighted by Crippen LogP contribution is -2.37. The number of nitrogens with zero attached hydrogens (tertiary/aromatic N) is 1. The molecule has 1 aliphatic carbocycles. The van der Waals surface area contributed by atoms with Gasteiger partial charge in [-0.2, -0.15) is 0 Å². The third kappa shape index (κ3) is 5.26. The van der Waals surface area contributed by atoms with Crippen molar-refractivity contribution in [1.29, 1.82) is 0 Å². The molecule has 6 nitrogen and oxygen atoms in total. The SMILES string of the molecule is Cc1cc(C)cc(C(=O)NCC(=O)OCC(=O)N(C)C2CCCc3ccccc32)c1. The van der Waals surface area contributed by atoms with Gasteiger partial charge >= 0.3 is 5.97 Å². The molecule has 0 saturated carbocycles. The number of fused-ring (bicyclic) bond motifs is 1. The number of hydrogen-bond donors (Lipinski definition) is 1. The Bertz CT molecular complexity index is 934. The van der Waals surface area contributed by atoms with Gasteiger partial charge in [0.1, 0.15) is 6.54 Å². The highest BCUT2D eigenvalue weighted by molar-refractivity contribution is 5.96. The van der Waals surface area contributed by atoms with E-state index in [0.29, 0.717) is 5.56 Å². The van der Waals surface area contributed by atoms with E-state index < -0.39 is 5.97 Å². The van der Waals surface area contributed by atoms with Crippen molar-refractivity contribution in [3.8, 4) is 0 Å². The van der Waals surface area contributed by atoms with Crippen LogP contribution in [-0.2, 0) is 20.7 Å². The Morgan fingerprint density at radius 3 is 2.53 bits per heavy atom. The monoisotopic (exact) mass is 408 g/mol. The zero-order valence-corrected chi connectivity index (χ0v) is 17.7. The van der Waals surface area contributed by atoms with Crippen LogP contribution in [0.4, 0.5) is 0 Å². The molecule has 0 spiro atoms. The maximum absolute atomic E-state index is 12.6. The van der Waals surface area contributed by atoms with Gasteiger partial charge in [0.2, 0.25) is 0 Å². The maximum atomic E-state index is 12.6. The van der Waals surface area contributed by atoms with Gasteiger partial charge < -0.3 is 15.0 Å². The first-order valence-electron chi connectivity index (χ1n) is 10.2. The number of rotatable bonds is 6. The average Bonchev–Trinajstić information content (AvgIpc) is 2.74. The molecule has 6 heteroatoms. The first-order chi connectivity index (χ1) is 14.3. The van der Waals surface area contributed by atoms with Gasteiger partial charge in [0, 0.05) is 12.6 Å². The number of aryl methyl sites for hydroxylation is 3. The van der Waals surface area contributed by atoms with Gasteiger partial charge in [-0.15, -0.1) is 0 Å². The van der Waals surface area contributed by atoms with Gasteiger partial charge in [0.15, 0.2) is 6.61 Å². The number of esters is 1. The van der Waals surface area contributed by atoms with Crippen LogP contribution >= 0.6 is 0 Å². The zero-order chi connectivity index (χ0) is 21.7. The Balaban J connectivity index is 1.49. The molecule has 0 aromatic heterocycles. The Morgan fingerprint density at radius 2 is 1.80 bits per heavy atom. The fourth-order valence-electron chi connectivity index (χ4n) is 3.96. The molecular weight excluding hydrogens is 380 g/mol. The van der Waals surface area contributed by atoms with E-state index in [1.54, 1.807) is 24.1 Å². The standard InChI is InChI=1S/C24H28N2O4/c1-16-11-17(2)13-19(12-16)24(29)25-14-23(28)30-15-22(27)26(3)21-10-6-8-18-7-4-5-9-20(18)21/h4-5,7,9,11-13,21H,6,8,10,14-15H2,1-3H3,(H,25,29). The first kappa shape index (κ1) is 21.6. The molecule has 30 heavy (non-hydrogen) atoms. The molecule has 1 unspecified atom stereocenters. The molecule has 3 rings (SSSR count). The number of hydrogen-bond acceptors (Lipinski definition) is 4. The van der Waals surface area contributed by atoms with E-state index >= 15 is 0 Å². The average molecular weight is 408 g/mol. The molecule has 0 aliphatic heterocycles. The second-order valence-electron chi connectivity index (χ2n) is 7.83. The largest absolute Gasteiger partial charge is 0.454 e. The Morgan fingerprint density at radius 1 is 1.10 bits per heavy atom. The second-order valence-corrected chi connectivity index (χ2v) is 7.83. The van der Waals surface area contributed by atoms with Crippen LogP contribution in [0.15, 0.2) is 42.5 Å². The molecule has 0 bridgehead atoms. The summed E-state index contributed by atoms with van der Waals surface area (Å²) in [6.45, 7) is 3.19. The molecule has 1 N–H and O–H groups in total. The summed E-state index contributed by atoms with van der Waals surface area (Å²) in [7, 11) is 1.74. The van der Waals surface area contributed by atoms with Crippen molar-refractivity contribution in [1.82, 2.24) is 10.2 Å². The van der Waals surface area contributed by atoms with E-state index in [2.05, 4.69) is 17.4 Å². The minimum Gasteiger partial charge on any atom is -0.454 e. The van der Waals surface area contributed by atoms with E-state index in [-0.39, 0.29) is 31.0 Å². The summed E-state index contributed by atoms with van der Waals surface area (Å²) in [6.07, 6.45) is 2.92. The van der Waals surface area contributed by atoms with Gasteiger partial charge in [-0.1, -0.05) is 41.5 Å². The molecule has 158 valence electrons.